The van der Waals surface area contributed by atoms with Gasteiger partial charge in [-0.25, -0.2) is 9.97 Å². The van der Waals surface area contributed by atoms with Crippen molar-refractivity contribution in [3.63, 3.8) is 0 Å². The Hall–Kier alpha value is -8.14. The molecule has 0 fully saturated rings. The van der Waals surface area contributed by atoms with Gasteiger partial charge in [0.2, 0.25) is 0 Å². The molecule has 0 amide bonds. The first kappa shape index (κ1) is 34.9. The van der Waals surface area contributed by atoms with Gasteiger partial charge in [0.05, 0.1) is 11.4 Å². The van der Waals surface area contributed by atoms with Crippen molar-refractivity contribution in [3.05, 3.63) is 218 Å². The molecule has 12 rings (SSSR count). The largest absolute Gasteiger partial charge is 0.456 e. The molecule has 2 heterocycles. The summed E-state index contributed by atoms with van der Waals surface area (Å²) in [5.74, 6) is 0.670. The van der Waals surface area contributed by atoms with Crippen molar-refractivity contribution in [1.29, 1.82) is 0 Å². The van der Waals surface area contributed by atoms with E-state index in [0.29, 0.717) is 5.82 Å². The van der Waals surface area contributed by atoms with Crippen molar-refractivity contribution in [2.45, 2.75) is 0 Å². The Morgan fingerprint density at radius 1 is 0.295 bits per heavy atom. The Morgan fingerprint density at radius 2 is 0.918 bits per heavy atom. The highest BCUT2D eigenvalue weighted by Gasteiger charge is 2.18. The SMILES string of the molecule is c1ccc(-c2ccccc2-c2cc(-c3cccc(-c4cccc5oc6ccccc6c45)c3)nc(-c3ccc(-c4c5ccccc5cc5c4ccc4ccccc45)cc3)n2)cc1. The molecule has 0 aliphatic rings. The maximum atomic E-state index is 6.28. The molecule has 2 aromatic heterocycles. The third-order valence-electron chi connectivity index (χ3n) is 12.1. The average molecular weight is 777 g/mol. The number of para-hydroxylation sites is 1. The van der Waals surface area contributed by atoms with E-state index in [1.54, 1.807) is 0 Å². The Balaban J connectivity index is 1.03. The number of hydrogen-bond acceptors (Lipinski definition) is 3. The second-order valence-electron chi connectivity index (χ2n) is 15.7. The fourth-order valence-electron chi connectivity index (χ4n) is 9.22. The summed E-state index contributed by atoms with van der Waals surface area (Å²) < 4.78 is 6.28. The molecular formula is C58H36N2O. The molecule has 61 heavy (non-hydrogen) atoms. The molecule has 0 saturated carbocycles. The van der Waals surface area contributed by atoms with E-state index in [9.17, 15) is 0 Å². The molecular weight excluding hydrogens is 741 g/mol. The molecule has 0 atom stereocenters. The lowest BCUT2D eigenvalue weighted by Crippen LogP contribution is -1.97. The first-order chi connectivity index (χ1) is 30.2. The first-order valence-electron chi connectivity index (χ1n) is 20.7. The van der Waals surface area contributed by atoms with Crippen molar-refractivity contribution < 1.29 is 4.42 Å². The Labute approximate surface area is 352 Å². The zero-order valence-electron chi connectivity index (χ0n) is 33.1. The fourth-order valence-corrected chi connectivity index (χ4v) is 9.22. The van der Waals surface area contributed by atoms with Crippen molar-refractivity contribution in [3.8, 4) is 67.3 Å². The van der Waals surface area contributed by atoms with Gasteiger partial charge < -0.3 is 4.42 Å². The summed E-state index contributed by atoms with van der Waals surface area (Å²) in [5, 5.41) is 9.68. The van der Waals surface area contributed by atoms with Gasteiger partial charge in [-0.05, 0) is 96.0 Å². The molecule has 0 aliphatic carbocycles. The minimum atomic E-state index is 0.670. The zero-order chi connectivity index (χ0) is 40.3. The van der Waals surface area contributed by atoms with Crippen LogP contribution in [-0.2, 0) is 0 Å². The summed E-state index contributed by atoms with van der Waals surface area (Å²) in [6.07, 6.45) is 0. The smallest absolute Gasteiger partial charge is 0.160 e. The molecule has 10 aromatic carbocycles. The summed E-state index contributed by atoms with van der Waals surface area (Å²) in [4.78, 5) is 10.7. The average Bonchev–Trinajstić information content (AvgIpc) is 3.73. The van der Waals surface area contributed by atoms with E-state index in [1.165, 1.54) is 37.9 Å². The van der Waals surface area contributed by atoms with Crippen LogP contribution in [0.2, 0.25) is 0 Å². The van der Waals surface area contributed by atoms with E-state index in [1.807, 2.05) is 18.2 Å². The first-order valence-corrected chi connectivity index (χ1v) is 20.7. The number of fused-ring (bicyclic) bond motifs is 7. The molecule has 3 heteroatoms. The van der Waals surface area contributed by atoms with Crippen LogP contribution in [0.5, 0.6) is 0 Å². The van der Waals surface area contributed by atoms with Gasteiger partial charge in [0.15, 0.2) is 5.82 Å². The highest BCUT2D eigenvalue weighted by Crippen LogP contribution is 2.42. The second kappa shape index (κ2) is 14.3. The van der Waals surface area contributed by atoms with Gasteiger partial charge in [0, 0.05) is 27.5 Å². The van der Waals surface area contributed by atoms with Crippen LogP contribution in [0.3, 0.4) is 0 Å². The Kier molecular flexibility index (Phi) is 8.17. The normalized spacial score (nSPS) is 11.6. The number of rotatable bonds is 6. The van der Waals surface area contributed by atoms with Crippen molar-refractivity contribution in [2.24, 2.45) is 0 Å². The fraction of sp³-hybridized carbons (Fsp3) is 0. The molecule has 0 radical (unpaired) electrons. The van der Waals surface area contributed by atoms with E-state index in [0.717, 1.165) is 77.8 Å². The highest BCUT2D eigenvalue weighted by atomic mass is 16.3. The number of furan rings is 1. The summed E-state index contributed by atoms with van der Waals surface area (Å²) in [5.41, 5.74) is 13.4. The molecule has 0 N–H and O–H groups in total. The van der Waals surface area contributed by atoms with Crippen LogP contribution in [0.15, 0.2) is 223 Å². The van der Waals surface area contributed by atoms with Crippen LogP contribution in [0.25, 0.3) is 122 Å². The van der Waals surface area contributed by atoms with Crippen molar-refractivity contribution >= 4 is 54.3 Å². The summed E-state index contributed by atoms with van der Waals surface area (Å²) in [7, 11) is 0. The molecule has 12 aromatic rings. The van der Waals surface area contributed by atoms with Gasteiger partial charge >= 0.3 is 0 Å². The van der Waals surface area contributed by atoms with Crippen LogP contribution < -0.4 is 0 Å². The monoisotopic (exact) mass is 776 g/mol. The van der Waals surface area contributed by atoms with Gasteiger partial charge in [0.1, 0.15) is 11.2 Å². The lowest BCUT2D eigenvalue weighted by molar-refractivity contribution is 0.669. The lowest BCUT2D eigenvalue weighted by atomic mass is 9.89. The second-order valence-corrected chi connectivity index (χ2v) is 15.7. The lowest BCUT2D eigenvalue weighted by Gasteiger charge is -2.15. The highest BCUT2D eigenvalue weighted by molar-refractivity contribution is 6.20. The summed E-state index contributed by atoms with van der Waals surface area (Å²) >= 11 is 0. The van der Waals surface area contributed by atoms with Gasteiger partial charge in [0.25, 0.3) is 0 Å². The number of hydrogen-bond donors (Lipinski definition) is 0. The number of benzene rings is 10. The van der Waals surface area contributed by atoms with Crippen molar-refractivity contribution in [2.75, 3.05) is 0 Å². The minimum absolute atomic E-state index is 0.670. The standard InChI is InChI=1S/C58H36N2O/c1-2-14-37(15-3-1)44-20-8-9-23-48(44)53-36-52(43-19-12-18-41(34-43)47-25-13-27-55-57(47)50-24-10-11-26-54(50)61-55)59-58(60-53)40-30-28-39(29-31-40)56-46-22-7-5-17-42(46)35-51-45-21-6-4-16-38(45)32-33-49(51)56/h1-36H. The predicted molar refractivity (Wildman–Crippen MR) is 254 cm³/mol. The molecule has 3 nitrogen and oxygen atoms in total. The molecule has 0 unspecified atom stereocenters. The topological polar surface area (TPSA) is 38.9 Å². The number of aromatic nitrogens is 2. The zero-order valence-corrected chi connectivity index (χ0v) is 33.1. The summed E-state index contributed by atoms with van der Waals surface area (Å²) in [6.45, 7) is 0. The van der Waals surface area contributed by atoms with E-state index >= 15 is 0 Å². The van der Waals surface area contributed by atoms with E-state index in [2.05, 4.69) is 200 Å². The third-order valence-corrected chi connectivity index (χ3v) is 12.1. The van der Waals surface area contributed by atoms with Crippen LogP contribution in [-0.4, -0.2) is 9.97 Å². The van der Waals surface area contributed by atoms with Gasteiger partial charge in [-0.15, -0.1) is 0 Å². The molecule has 0 bridgehead atoms. The van der Waals surface area contributed by atoms with Gasteiger partial charge in [-0.1, -0.05) is 188 Å². The maximum absolute atomic E-state index is 6.28. The minimum Gasteiger partial charge on any atom is -0.456 e. The van der Waals surface area contributed by atoms with Gasteiger partial charge in [-0.2, -0.15) is 0 Å². The van der Waals surface area contributed by atoms with E-state index in [-0.39, 0.29) is 0 Å². The van der Waals surface area contributed by atoms with Crippen LogP contribution >= 0.6 is 0 Å². The van der Waals surface area contributed by atoms with Gasteiger partial charge in [-0.3, -0.25) is 0 Å². The van der Waals surface area contributed by atoms with Crippen LogP contribution in [0.1, 0.15) is 0 Å². The summed E-state index contributed by atoms with van der Waals surface area (Å²) in [6, 6.07) is 77.5. The number of nitrogens with zero attached hydrogens (tertiary/aromatic N) is 2. The van der Waals surface area contributed by atoms with E-state index in [4.69, 9.17) is 14.4 Å². The van der Waals surface area contributed by atoms with Crippen molar-refractivity contribution in [1.82, 2.24) is 9.97 Å². The molecule has 0 saturated heterocycles. The Bertz CT molecular complexity index is 3640. The predicted octanol–water partition coefficient (Wildman–Crippen LogP) is 15.8. The molecule has 284 valence electrons. The molecule has 0 aliphatic heterocycles. The Morgan fingerprint density at radius 3 is 1.79 bits per heavy atom. The van der Waals surface area contributed by atoms with E-state index < -0.39 is 0 Å². The maximum Gasteiger partial charge on any atom is 0.160 e. The molecule has 0 spiro atoms. The van der Waals surface area contributed by atoms with Crippen LogP contribution in [0, 0.1) is 0 Å². The third kappa shape index (κ3) is 5.98. The van der Waals surface area contributed by atoms with Crippen LogP contribution in [0.4, 0.5) is 0 Å². The quantitative estimate of drug-likeness (QED) is 0.125.